The number of carbonyl (C=O) groups excluding carboxylic acids is 2. The Bertz CT molecular complexity index is 1290. The summed E-state index contributed by atoms with van der Waals surface area (Å²) >= 11 is 6.00. The summed E-state index contributed by atoms with van der Waals surface area (Å²) in [4.78, 5) is 25.8. The summed E-state index contributed by atoms with van der Waals surface area (Å²) in [7, 11) is -3.41. The first-order chi connectivity index (χ1) is 16.9. The van der Waals surface area contributed by atoms with E-state index < -0.39 is 51.5 Å². The molecule has 0 saturated carbocycles. The van der Waals surface area contributed by atoms with Crippen molar-refractivity contribution in [2.45, 2.75) is 38.2 Å². The molecule has 0 aliphatic carbocycles. The van der Waals surface area contributed by atoms with Gasteiger partial charge in [-0.15, -0.1) is 0 Å². The summed E-state index contributed by atoms with van der Waals surface area (Å²) in [6, 6.07) is 5.07. The highest BCUT2D eigenvalue weighted by Crippen LogP contribution is 2.48. The highest BCUT2D eigenvalue weighted by atomic mass is 79.9. The van der Waals surface area contributed by atoms with E-state index in [1.165, 1.54) is 32.0 Å². The summed E-state index contributed by atoms with van der Waals surface area (Å²) in [5.74, 6) is -2.17. The van der Waals surface area contributed by atoms with Crippen LogP contribution in [-0.2, 0) is 15.5 Å². The molecule has 0 saturated heterocycles. The Balaban J connectivity index is 2.36. The highest BCUT2D eigenvalue weighted by molar-refractivity contribution is 9.11. The molecule has 0 fully saturated rings. The van der Waals surface area contributed by atoms with Crippen LogP contribution >= 0.6 is 31.9 Å². The largest absolute Gasteiger partial charge is 0.432 e. The summed E-state index contributed by atoms with van der Waals surface area (Å²) in [5, 5.41) is 4.81. The molecule has 37 heavy (non-hydrogen) atoms. The molecular weight excluding hydrogens is 662 g/mol. The number of benzene rings is 2. The molecule has 0 aromatic heterocycles. The molecule has 2 aromatic carbocycles. The second-order valence-electron chi connectivity index (χ2n) is 7.89. The van der Waals surface area contributed by atoms with Crippen molar-refractivity contribution in [2.75, 3.05) is 16.8 Å². The molecule has 2 rings (SSSR count). The molecule has 2 aromatic rings. The van der Waals surface area contributed by atoms with Crippen LogP contribution in [0.25, 0.3) is 0 Å². The third-order valence-electron chi connectivity index (χ3n) is 5.16. The topological polar surface area (TPSA) is 92.3 Å². The molecule has 0 bridgehead atoms. The van der Waals surface area contributed by atoms with E-state index in [9.17, 15) is 44.3 Å². The third-order valence-corrected chi connectivity index (χ3v) is 8.36. The zero-order valence-corrected chi connectivity index (χ0v) is 23.1. The van der Waals surface area contributed by atoms with Gasteiger partial charge in [0.1, 0.15) is 0 Å². The maximum Gasteiger partial charge on any atom is 0.432 e. The number of sulfone groups is 1. The Morgan fingerprint density at radius 3 is 2.14 bits per heavy atom. The monoisotopic (exact) mass is 680 g/mol. The normalized spacial score (nSPS) is 14.7. The predicted molar refractivity (Wildman–Crippen MR) is 132 cm³/mol. The van der Waals surface area contributed by atoms with E-state index >= 15 is 0 Å². The Morgan fingerprint density at radius 2 is 1.62 bits per heavy atom. The van der Waals surface area contributed by atoms with Gasteiger partial charge in [0.2, 0.25) is 0 Å². The van der Waals surface area contributed by atoms with Crippen LogP contribution in [0.5, 0.6) is 0 Å². The molecule has 2 amide bonds. The van der Waals surface area contributed by atoms with E-state index in [0.29, 0.717) is 12.1 Å². The van der Waals surface area contributed by atoms with Crippen LogP contribution in [0.1, 0.15) is 40.1 Å². The number of halogens is 8. The van der Waals surface area contributed by atoms with Crippen LogP contribution in [-0.4, -0.2) is 50.4 Å². The van der Waals surface area contributed by atoms with Crippen LogP contribution in [0.3, 0.4) is 0 Å². The molecule has 15 heteroatoms. The maximum atomic E-state index is 14.3. The molecule has 6 nitrogen and oxygen atoms in total. The fraction of sp³-hybridized carbons (Fsp3) is 0.364. The van der Waals surface area contributed by atoms with Crippen molar-refractivity contribution >= 4 is 59.2 Å². The van der Waals surface area contributed by atoms with Gasteiger partial charge in [0.05, 0.1) is 22.6 Å². The summed E-state index contributed by atoms with van der Waals surface area (Å²) < 4.78 is 103. The minimum absolute atomic E-state index is 0.132. The van der Waals surface area contributed by atoms with Gasteiger partial charge in [-0.3, -0.25) is 9.59 Å². The smallest absolute Gasteiger partial charge is 0.349 e. The number of rotatable bonds is 9. The first-order valence-corrected chi connectivity index (χ1v) is 13.8. The molecule has 0 radical (unpaired) electrons. The lowest BCUT2D eigenvalue weighted by Gasteiger charge is -2.27. The van der Waals surface area contributed by atoms with Gasteiger partial charge in [-0.25, -0.2) is 21.6 Å². The molecule has 0 aliphatic rings. The van der Waals surface area contributed by atoms with Crippen molar-refractivity contribution in [1.29, 1.82) is 0 Å². The first kappa shape index (κ1) is 31.1. The average Bonchev–Trinajstić information content (AvgIpc) is 2.78. The predicted octanol–water partition coefficient (Wildman–Crippen LogP) is 6.01. The van der Waals surface area contributed by atoms with Crippen molar-refractivity contribution in [3.8, 4) is 0 Å². The zero-order valence-electron chi connectivity index (χ0n) is 19.1. The molecule has 0 heterocycles. The lowest BCUT2D eigenvalue weighted by Crippen LogP contribution is -2.44. The van der Waals surface area contributed by atoms with Crippen LogP contribution in [0.15, 0.2) is 45.3 Å². The van der Waals surface area contributed by atoms with Crippen LogP contribution < -0.4 is 10.6 Å². The summed E-state index contributed by atoms with van der Waals surface area (Å²) in [6.07, 6.45) is -10.3. The molecule has 204 valence electrons. The van der Waals surface area contributed by atoms with Gasteiger partial charge in [-0.2, -0.15) is 13.2 Å². The average molecular weight is 682 g/mol. The van der Waals surface area contributed by atoms with Gasteiger partial charge in [-0.05, 0) is 63.0 Å². The van der Waals surface area contributed by atoms with E-state index in [4.69, 9.17) is 0 Å². The van der Waals surface area contributed by atoms with Gasteiger partial charge < -0.3 is 10.6 Å². The quantitative estimate of drug-likeness (QED) is 0.317. The molecular formula is C22H20Br2F6N2O4S. The third kappa shape index (κ3) is 7.05. The second-order valence-corrected chi connectivity index (χ2v) is 12.0. The van der Waals surface area contributed by atoms with Gasteiger partial charge in [-0.1, -0.05) is 19.1 Å². The standard InChI is InChI=1S/C22H20Br2F6N2O4S/c1-3-37(35,36)10-11(2)31-19(34)17-13(5-4-6-14(17)23)18(33)32-16-8-7-12(9-15(16)24)21(27,20(25)26)22(28,29)30/h4-9,11,20H,3,10H2,1-2H3,(H,31,34)(H,32,33)/t11-,21?/m0/s1. The Labute approximate surface area is 225 Å². The number of amides is 2. The summed E-state index contributed by atoms with van der Waals surface area (Å²) in [5.41, 5.74) is -6.86. The fourth-order valence-electron chi connectivity index (χ4n) is 3.23. The van der Waals surface area contributed by atoms with Gasteiger partial charge >= 0.3 is 6.18 Å². The minimum atomic E-state index is -5.91. The molecule has 2 N–H and O–H groups in total. The van der Waals surface area contributed by atoms with Gasteiger partial charge in [0, 0.05) is 26.3 Å². The van der Waals surface area contributed by atoms with E-state index in [-0.39, 0.29) is 37.3 Å². The Kier molecular flexibility index (Phi) is 9.85. The Hall–Kier alpha value is -2.13. The van der Waals surface area contributed by atoms with Crippen molar-refractivity contribution in [2.24, 2.45) is 0 Å². The number of anilines is 1. The van der Waals surface area contributed by atoms with E-state index in [1.807, 2.05) is 0 Å². The number of hydrogen-bond donors (Lipinski definition) is 2. The SMILES string of the molecule is CCS(=O)(=O)C[C@H](C)NC(=O)c1c(Br)cccc1C(=O)Nc1ccc(C(F)(C(F)F)C(F)(F)F)cc1Br. The number of carbonyl (C=O) groups is 2. The second kappa shape index (κ2) is 11.7. The zero-order chi connectivity index (χ0) is 28.3. The van der Waals surface area contributed by atoms with Crippen molar-refractivity contribution in [3.05, 3.63) is 62.0 Å². The van der Waals surface area contributed by atoms with Gasteiger partial charge in [0.25, 0.3) is 23.9 Å². The van der Waals surface area contributed by atoms with Crippen molar-refractivity contribution in [3.63, 3.8) is 0 Å². The molecule has 2 atom stereocenters. The van der Waals surface area contributed by atoms with Gasteiger partial charge in [0.15, 0.2) is 9.84 Å². The highest BCUT2D eigenvalue weighted by Gasteiger charge is 2.64. The molecule has 0 aliphatic heterocycles. The van der Waals surface area contributed by atoms with Crippen LogP contribution in [0.4, 0.5) is 32.0 Å². The molecule has 0 spiro atoms. The van der Waals surface area contributed by atoms with Crippen LogP contribution in [0.2, 0.25) is 0 Å². The summed E-state index contributed by atoms with van der Waals surface area (Å²) in [6.45, 7) is 2.92. The first-order valence-electron chi connectivity index (χ1n) is 10.4. The number of alkyl halides is 6. The minimum Gasteiger partial charge on any atom is -0.349 e. The maximum absolute atomic E-state index is 14.3. The number of hydrogen-bond acceptors (Lipinski definition) is 4. The lowest BCUT2D eigenvalue weighted by atomic mass is 9.95. The van der Waals surface area contributed by atoms with E-state index in [2.05, 4.69) is 42.5 Å². The fourth-order valence-corrected chi connectivity index (χ4v) is 5.33. The molecule has 1 unspecified atom stereocenters. The number of nitrogens with one attached hydrogen (secondary N) is 2. The Morgan fingerprint density at radius 1 is 1.00 bits per heavy atom. The van der Waals surface area contributed by atoms with E-state index in [0.717, 1.165) is 6.07 Å². The van der Waals surface area contributed by atoms with Crippen molar-refractivity contribution < 1.29 is 44.3 Å². The van der Waals surface area contributed by atoms with E-state index in [1.54, 1.807) is 0 Å². The van der Waals surface area contributed by atoms with Crippen molar-refractivity contribution in [1.82, 2.24) is 5.32 Å². The lowest BCUT2D eigenvalue weighted by molar-refractivity contribution is -0.274. The van der Waals surface area contributed by atoms with Crippen LogP contribution in [0, 0.1) is 0 Å².